The lowest BCUT2D eigenvalue weighted by Crippen LogP contribution is -2.52. The summed E-state index contributed by atoms with van der Waals surface area (Å²) < 4.78 is 5.84. The third kappa shape index (κ3) is 4.26. The third-order valence-corrected chi connectivity index (χ3v) is 5.50. The zero-order chi connectivity index (χ0) is 20.4. The molecule has 0 saturated carbocycles. The van der Waals surface area contributed by atoms with Gasteiger partial charge in [-0.05, 0) is 38.5 Å². The van der Waals surface area contributed by atoms with E-state index in [1.54, 1.807) is 0 Å². The van der Waals surface area contributed by atoms with Gasteiger partial charge in [-0.3, -0.25) is 9.59 Å². The molecule has 3 heterocycles. The van der Waals surface area contributed by atoms with Gasteiger partial charge in [-0.25, -0.2) is 9.97 Å². The van der Waals surface area contributed by atoms with Crippen molar-refractivity contribution in [3.8, 4) is 5.88 Å². The Bertz CT molecular complexity index is 898. The van der Waals surface area contributed by atoms with Crippen LogP contribution in [-0.2, 0) is 9.59 Å². The van der Waals surface area contributed by atoms with Gasteiger partial charge in [0.15, 0.2) is 0 Å². The van der Waals surface area contributed by atoms with E-state index in [2.05, 4.69) is 32.3 Å². The van der Waals surface area contributed by atoms with E-state index in [1.807, 2.05) is 24.8 Å². The molecule has 2 saturated heterocycles. The molecule has 29 heavy (non-hydrogen) atoms. The van der Waals surface area contributed by atoms with E-state index >= 15 is 0 Å². The Morgan fingerprint density at radius 3 is 2.69 bits per heavy atom. The average Bonchev–Trinajstić information content (AvgIpc) is 2.73. The predicted octanol–water partition coefficient (Wildman–Crippen LogP) is 1.59. The van der Waals surface area contributed by atoms with Gasteiger partial charge < -0.3 is 19.9 Å². The molecule has 2 aliphatic heterocycles. The molecule has 0 radical (unpaired) electrons. The molecule has 0 spiro atoms. The standard InChI is InChI=1S/C21H27N5O3/c1-14(2)29-20-17-11-16(4-5-18(17)23-13-24-20)25-7-9-26(10-8-25)21(28)15-3-6-19(27)22-12-15/h4-5,11,13-15H,3,6-10,12H2,1-2H3,(H,22,27). The first-order valence-electron chi connectivity index (χ1n) is 10.2. The normalized spacial score (nSPS) is 20.1. The molecule has 4 rings (SSSR count). The summed E-state index contributed by atoms with van der Waals surface area (Å²) in [6.45, 7) is 7.32. The van der Waals surface area contributed by atoms with Crippen molar-refractivity contribution in [3.05, 3.63) is 24.5 Å². The Morgan fingerprint density at radius 2 is 2.00 bits per heavy atom. The van der Waals surface area contributed by atoms with Gasteiger partial charge in [-0.1, -0.05) is 0 Å². The van der Waals surface area contributed by atoms with Gasteiger partial charge >= 0.3 is 0 Å². The van der Waals surface area contributed by atoms with Crippen molar-refractivity contribution < 1.29 is 14.3 Å². The summed E-state index contributed by atoms with van der Waals surface area (Å²) in [5.41, 5.74) is 1.94. The molecular formula is C21H27N5O3. The number of carbonyl (C=O) groups is 2. The Hall–Kier alpha value is -2.90. The summed E-state index contributed by atoms with van der Waals surface area (Å²) in [4.78, 5) is 36.9. The lowest BCUT2D eigenvalue weighted by Gasteiger charge is -2.38. The van der Waals surface area contributed by atoms with Crippen LogP contribution in [0, 0.1) is 5.92 Å². The van der Waals surface area contributed by atoms with Crippen LogP contribution >= 0.6 is 0 Å². The fourth-order valence-corrected chi connectivity index (χ4v) is 3.92. The summed E-state index contributed by atoms with van der Waals surface area (Å²) >= 11 is 0. The van der Waals surface area contributed by atoms with E-state index < -0.39 is 0 Å². The van der Waals surface area contributed by atoms with Gasteiger partial charge in [-0.2, -0.15) is 0 Å². The second-order valence-electron chi connectivity index (χ2n) is 7.90. The van der Waals surface area contributed by atoms with Crippen LogP contribution in [0.3, 0.4) is 0 Å². The molecule has 1 aromatic carbocycles. The van der Waals surface area contributed by atoms with Crippen LogP contribution < -0.4 is 15.0 Å². The van der Waals surface area contributed by atoms with Crippen LogP contribution in [0.4, 0.5) is 5.69 Å². The van der Waals surface area contributed by atoms with Crippen LogP contribution in [0.25, 0.3) is 10.9 Å². The number of fused-ring (bicyclic) bond motifs is 1. The topological polar surface area (TPSA) is 87.7 Å². The van der Waals surface area contributed by atoms with E-state index in [0.717, 1.165) is 29.7 Å². The fourth-order valence-electron chi connectivity index (χ4n) is 3.92. The van der Waals surface area contributed by atoms with Crippen molar-refractivity contribution in [1.82, 2.24) is 20.2 Å². The zero-order valence-corrected chi connectivity index (χ0v) is 16.9. The van der Waals surface area contributed by atoms with Gasteiger partial charge in [0.25, 0.3) is 0 Å². The number of hydrogen-bond donors (Lipinski definition) is 1. The molecular weight excluding hydrogens is 370 g/mol. The highest BCUT2D eigenvalue weighted by atomic mass is 16.5. The number of carbonyl (C=O) groups excluding carboxylic acids is 2. The number of nitrogens with zero attached hydrogens (tertiary/aromatic N) is 4. The average molecular weight is 397 g/mol. The van der Waals surface area contributed by atoms with Gasteiger partial charge in [0.1, 0.15) is 6.33 Å². The first-order chi connectivity index (χ1) is 14.0. The van der Waals surface area contributed by atoms with E-state index in [4.69, 9.17) is 4.74 Å². The Kier molecular flexibility index (Phi) is 5.51. The summed E-state index contributed by atoms with van der Waals surface area (Å²) in [5, 5.41) is 3.70. The highest BCUT2D eigenvalue weighted by Crippen LogP contribution is 2.28. The number of anilines is 1. The molecule has 2 aliphatic rings. The minimum Gasteiger partial charge on any atom is -0.474 e. The largest absolute Gasteiger partial charge is 0.474 e. The molecule has 1 atom stereocenters. The number of amides is 2. The van der Waals surface area contributed by atoms with Crippen LogP contribution in [0.2, 0.25) is 0 Å². The van der Waals surface area contributed by atoms with Crippen molar-refractivity contribution >= 4 is 28.4 Å². The van der Waals surface area contributed by atoms with Crippen LogP contribution in [0.1, 0.15) is 26.7 Å². The number of hydrogen-bond acceptors (Lipinski definition) is 6. The fraction of sp³-hybridized carbons (Fsp3) is 0.524. The number of ether oxygens (including phenoxy) is 1. The molecule has 2 aromatic rings. The second kappa shape index (κ2) is 8.23. The molecule has 1 aromatic heterocycles. The van der Waals surface area contributed by atoms with Crippen molar-refractivity contribution in [2.75, 3.05) is 37.6 Å². The first-order valence-corrected chi connectivity index (χ1v) is 10.2. The quantitative estimate of drug-likeness (QED) is 0.843. The molecule has 8 heteroatoms. The highest BCUT2D eigenvalue weighted by Gasteiger charge is 2.30. The molecule has 1 unspecified atom stereocenters. The molecule has 2 fully saturated rings. The number of aromatic nitrogens is 2. The Morgan fingerprint density at radius 1 is 1.21 bits per heavy atom. The maximum Gasteiger partial charge on any atom is 0.227 e. The van der Waals surface area contributed by atoms with Crippen LogP contribution in [0.15, 0.2) is 24.5 Å². The molecule has 2 amide bonds. The Balaban J connectivity index is 1.43. The van der Waals surface area contributed by atoms with Gasteiger partial charge in [0.2, 0.25) is 17.7 Å². The number of nitrogens with one attached hydrogen (secondary N) is 1. The highest BCUT2D eigenvalue weighted by molar-refractivity contribution is 5.87. The Labute approximate surface area is 170 Å². The smallest absolute Gasteiger partial charge is 0.227 e. The van der Waals surface area contributed by atoms with Crippen molar-refractivity contribution in [3.63, 3.8) is 0 Å². The number of piperidine rings is 1. The van der Waals surface area contributed by atoms with Gasteiger partial charge in [-0.15, -0.1) is 0 Å². The molecule has 8 nitrogen and oxygen atoms in total. The number of rotatable bonds is 4. The van der Waals surface area contributed by atoms with Crippen LogP contribution in [-0.4, -0.2) is 65.5 Å². The summed E-state index contributed by atoms with van der Waals surface area (Å²) in [7, 11) is 0. The molecule has 0 aliphatic carbocycles. The minimum atomic E-state index is -0.0900. The van der Waals surface area contributed by atoms with Crippen molar-refractivity contribution in [2.24, 2.45) is 5.92 Å². The van der Waals surface area contributed by atoms with E-state index in [-0.39, 0.29) is 23.8 Å². The van der Waals surface area contributed by atoms with E-state index in [1.165, 1.54) is 6.33 Å². The maximum absolute atomic E-state index is 12.7. The summed E-state index contributed by atoms with van der Waals surface area (Å²) in [6, 6.07) is 6.12. The first kappa shape index (κ1) is 19.4. The SMILES string of the molecule is CC(C)Oc1ncnc2ccc(N3CCN(C(=O)C4CCC(=O)NC4)CC3)cc12. The maximum atomic E-state index is 12.7. The lowest BCUT2D eigenvalue weighted by atomic mass is 9.97. The number of benzene rings is 1. The van der Waals surface area contributed by atoms with E-state index in [0.29, 0.717) is 38.4 Å². The molecule has 0 bridgehead atoms. The van der Waals surface area contributed by atoms with Crippen molar-refractivity contribution in [1.29, 1.82) is 0 Å². The predicted molar refractivity (Wildman–Crippen MR) is 110 cm³/mol. The second-order valence-corrected chi connectivity index (χ2v) is 7.90. The van der Waals surface area contributed by atoms with Gasteiger partial charge in [0.05, 0.1) is 22.9 Å². The third-order valence-electron chi connectivity index (χ3n) is 5.50. The van der Waals surface area contributed by atoms with Gasteiger partial charge in [0, 0.05) is 44.8 Å². The summed E-state index contributed by atoms with van der Waals surface area (Å²) in [6.07, 6.45) is 2.65. The summed E-state index contributed by atoms with van der Waals surface area (Å²) in [5.74, 6) is 0.706. The monoisotopic (exact) mass is 397 g/mol. The lowest BCUT2D eigenvalue weighted by molar-refractivity contribution is -0.137. The zero-order valence-electron chi connectivity index (χ0n) is 16.9. The van der Waals surface area contributed by atoms with E-state index in [9.17, 15) is 9.59 Å². The molecule has 1 N–H and O–H groups in total. The minimum absolute atomic E-state index is 0.0379. The molecule has 154 valence electrons. The number of piperazine rings is 1. The van der Waals surface area contributed by atoms with Crippen molar-refractivity contribution in [2.45, 2.75) is 32.8 Å². The van der Waals surface area contributed by atoms with Crippen LogP contribution in [0.5, 0.6) is 5.88 Å².